The number of carbonyl (C=O) groups excluding carboxylic acids is 1. The van der Waals surface area contributed by atoms with Crippen LogP contribution in [0.3, 0.4) is 0 Å². The summed E-state index contributed by atoms with van der Waals surface area (Å²) < 4.78 is 27.2. The molecule has 0 radical (unpaired) electrons. The number of carboxylic acids is 1. The fourth-order valence-electron chi connectivity index (χ4n) is 5.42. The minimum Gasteiger partial charge on any atom is -0.496 e. The van der Waals surface area contributed by atoms with Gasteiger partial charge in [0, 0.05) is 42.5 Å². The lowest BCUT2D eigenvalue weighted by atomic mass is 9.73. The van der Waals surface area contributed by atoms with Crippen molar-refractivity contribution in [3.05, 3.63) is 112 Å². The number of allylic oxidation sites excluding steroid dienone is 2. The molecule has 0 aliphatic heterocycles. The summed E-state index contributed by atoms with van der Waals surface area (Å²) >= 11 is 0. The van der Waals surface area contributed by atoms with E-state index in [9.17, 15) is 19.8 Å². The molecule has 2 unspecified atom stereocenters. The summed E-state index contributed by atoms with van der Waals surface area (Å²) in [4.78, 5) is 27.4. The molecular formula is C35H38FN3O6. The van der Waals surface area contributed by atoms with Crippen molar-refractivity contribution in [2.45, 2.75) is 38.6 Å². The van der Waals surface area contributed by atoms with Gasteiger partial charge in [0.05, 0.1) is 25.9 Å². The molecule has 3 atom stereocenters. The molecule has 0 saturated carbocycles. The van der Waals surface area contributed by atoms with Crippen molar-refractivity contribution in [2.75, 3.05) is 26.1 Å². The lowest BCUT2D eigenvalue weighted by Gasteiger charge is -2.39. The zero-order valence-electron chi connectivity index (χ0n) is 25.7. The highest BCUT2D eigenvalue weighted by Gasteiger charge is 2.38. The maximum Gasteiger partial charge on any atom is 0.323 e. The number of carbonyl (C=O) groups is 2. The molecule has 45 heavy (non-hydrogen) atoms. The van der Waals surface area contributed by atoms with E-state index in [0.717, 1.165) is 23.0 Å². The highest BCUT2D eigenvalue weighted by atomic mass is 19.1. The van der Waals surface area contributed by atoms with Gasteiger partial charge < -0.3 is 25.0 Å². The summed E-state index contributed by atoms with van der Waals surface area (Å²) in [6.45, 7) is 3.77. The highest BCUT2D eigenvalue weighted by Crippen LogP contribution is 2.42. The van der Waals surface area contributed by atoms with E-state index in [0.29, 0.717) is 28.3 Å². The number of benzene rings is 2. The standard InChI is InChI=1S/C35H38FN3O6/c1-22-8-5-6-9-28(22)29-10-7-13-35(23(29)2,39-33-15-26(21-44-3)27(19-40)18-38-33)16-30(36)24-11-12-25(32(14-24)45-4)17-37-31(20-41)34(42)43/h5-16,18-19,23,31,37,41H,17,20-21H2,1-4H3,(H,38,39)(H,42,43)/b30-16-/t23?,31-,35?/m1/s1. The number of nitrogens with one attached hydrogen (secondary N) is 2. The van der Waals surface area contributed by atoms with Crippen molar-refractivity contribution < 1.29 is 33.7 Å². The molecule has 1 heterocycles. The van der Waals surface area contributed by atoms with Gasteiger partial charge in [-0.15, -0.1) is 0 Å². The number of hydrogen-bond donors (Lipinski definition) is 4. The van der Waals surface area contributed by atoms with Crippen LogP contribution in [0, 0.1) is 12.8 Å². The first-order chi connectivity index (χ1) is 21.7. The van der Waals surface area contributed by atoms with Crippen molar-refractivity contribution in [3.8, 4) is 5.75 Å². The molecule has 236 valence electrons. The number of hydrogen-bond acceptors (Lipinski definition) is 8. The molecule has 0 amide bonds. The second kappa shape index (κ2) is 14.9. The number of aliphatic hydroxyl groups excluding tert-OH is 1. The molecule has 9 nitrogen and oxygen atoms in total. The van der Waals surface area contributed by atoms with Gasteiger partial charge in [-0.25, -0.2) is 9.37 Å². The average molecular weight is 616 g/mol. The predicted molar refractivity (Wildman–Crippen MR) is 172 cm³/mol. The Morgan fingerprint density at radius 3 is 2.62 bits per heavy atom. The predicted octanol–water partition coefficient (Wildman–Crippen LogP) is 5.34. The van der Waals surface area contributed by atoms with E-state index in [-0.39, 0.29) is 24.6 Å². The van der Waals surface area contributed by atoms with E-state index in [2.05, 4.69) is 15.6 Å². The fraction of sp³-hybridized carbons (Fsp3) is 0.286. The summed E-state index contributed by atoms with van der Waals surface area (Å²) in [5.74, 6) is -1.18. The maximum absolute atomic E-state index is 16.4. The van der Waals surface area contributed by atoms with Crippen LogP contribution in [0.25, 0.3) is 11.4 Å². The number of ether oxygens (including phenoxy) is 2. The number of aliphatic hydroxyl groups is 1. The summed E-state index contributed by atoms with van der Waals surface area (Å²) in [6, 6.07) is 13.4. The third kappa shape index (κ3) is 7.54. The maximum atomic E-state index is 16.4. The van der Waals surface area contributed by atoms with Crippen LogP contribution in [-0.2, 0) is 22.7 Å². The van der Waals surface area contributed by atoms with Gasteiger partial charge in [0.1, 0.15) is 23.4 Å². The van der Waals surface area contributed by atoms with Crippen LogP contribution in [0.2, 0.25) is 0 Å². The number of aryl methyl sites for hydroxylation is 1. The van der Waals surface area contributed by atoms with E-state index in [4.69, 9.17) is 9.47 Å². The topological polar surface area (TPSA) is 130 Å². The van der Waals surface area contributed by atoms with E-state index >= 15 is 4.39 Å². The first-order valence-electron chi connectivity index (χ1n) is 14.5. The van der Waals surface area contributed by atoms with Crippen molar-refractivity contribution >= 4 is 29.5 Å². The summed E-state index contributed by atoms with van der Waals surface area (Å²) in [5, 5.41) is 24.8. The van der Waals surface area contributed by atoms with Crippen LogP contribution >= 0.6 is 0 Å². The van der Waals surface area contributed by atoms with Crippen LogP contribution in [0.4, 0.5) is 10.2 Å². The number of aldehydes is 1. The van der Waals surface area contributed by atoms with Crippen LogP contribution in [0.5, 0.6) is 5.75 Å². The van der Waals surface area contributed by atoms with E-state index < -0.39 is 30.0 Å². The molecule has 2 aromatic carbocycles. The lowest BCUT2D eigenvalue weighted by molar-refractivity contribution is -0.140. The second-order valence-corrected chi connectivity index (χ2v) is 10.9. The Bertz CT molecular complexity index is 1640. The Kier molecular flexibility index (Phi) is 11.0. The van der Waals surface area contributed by atoms with Crippen molar-refractivity contribution in [2.24, 2.45) is 5.92 Å². The van der Waals surface area contributed by atoms with Crippen LogP contribution in [-0.4, -0.2) is 59.9 Å². The van der Waals surface area contributed by atoms with Crippen LogP contribution < -0.4 is 15.4 Å². The molecule has 1 aromatic heterocycles. The number of aliphatic carboxylic acids is 1. The van der Waals surface area contributed by atoms with Gasteiger partial charge in [-0.05, 0) is 47.4 Å². The number of methoxy groups -OCH3 is 2. The molecule has 1 aliphatic carbocycles. The Labute approximate surface area is 262 Å². The number of rotatable bonds is 14. The average Bonchev–Trinajstić information content (AvgIpc) is 3.03. The molecule has 4 N–H and O–H groups in total. The van der Waals surface area contributed by atoms with Gasteiger partial charge >= 0.3 is 5.97 Å². The molecule has 1 aliphatic rings. The Morgan fingerprint density at radius 2 is 1.96 bits per heavy atom. The van der Waals surface area contributed by atoms with E-state index in [1.807, 2.05) is 56.3 Å². The molecule has 0 saturated heterocycles. The zero-order chi connectivity index (χ0) is 32.6. The van der Waals surface area contributed by atoms with Crippen molar-refractivity contribution in [1.82, 2.24) is 10.3 Å². The lowest BCUT2D eigenvalue weighted by Crippen LogP contribution is -2.43. The molecule has 0 spiro atoms. The Hall–Kier alpha value is -4.64. The minimum atomic E-state index is -1.18. The number of pyridine rings is 1. The van der Waals surface area contributed by atoms with Gasteiger partial charge in [0.15, 0.2) is 6.29 Å². The second-order valence-electron chi connectivity index (χ2n) is 10.9. The summed E-state index contributed by atoms with van der Waals surface area (Å²) in [6.07, 6.45) is 9.52. The normalized spacial score (nSPS) is 18.7. The number of anilines is 1. The smallest absolute Gasteiger partial charge is 0.323 e. The van der Waals surface area contributed by atoms with Gasteiger partial charge in [-0.3, -0.25) is 14.9 Å². The monoisotopic (exact) mass is 615 g/mol. The molecule has 4 rings (SSSR count). The number of carboxylic acid groups (broad SMARTS) is 1. The highest BCUT2D eigenvalue weighted by molar-refractivity contribution is 5.79. The van der Waals surface area contributed by atoms with Gasteiger partial charge in [-0.1, -0.05) is 61.5 Å². The number of nitrogens with zero attached hydrogens (tertiary/aromatic N) is 1. The first-order valence-corrected chi connectivity index (χ1v) is 14.5. The summed E-state index contributed by atoms with van der Waals surface area (Å²) in [7, 11) is 2.99. The van der Waals surface area contributed by atoms with Crippen LogP contribution in [0.15, 0.2) is 79.0 Å². The Morgan fingerprint density at radius 1 is 1.18 bits per heavy atom. The first kappa shape index (κ1) is 33.3. The largest absolute Gasteiger partial charge is 0.496 e. The third-order valence-electron chi connectivity index (χ3n) is 8.03. The fourth-order valence-corrected chi connectivity index (χ4v) is 5.42. The third-order valence-corrected chi connectivity index (χ3v) is 8.03. The molecule has 0 fully saturated rings. The van der Waals surface area contributed by atoms with Crippen molar-refractivity contribution in [3.63, 3.8) is 0 Å². The number of aromatic nitrogens is 1. The van der Waals surface area contributed by atoms with Gasteiger partial charge in [0.25, 0.3) is 0 Å². The molecular weight excluding hydrogens is 577 g/mol. The molecule has 0 bridgehead atoms. The summed E-state index contributed by atoms with van der Waals surface area (Å²) in [5.41, 5.74) is 3.95. The number of halogens is 1. The van der Waals surface area contributed by atoms with Gasteiger partial charge in [0.2, 0.25) is 0 Å². The SMILES string of the molecule is COCc1cc(NC2(/C=C(\F)c3ccc(CN[C@H](CO)C(=O)O)c(OC)c3)C=CC=C(c3ccccc3C)C2C)ncc1C=O. The van der Waals surface area contributed by atoms with Crippen molar-refractivity contribution in [1.29, 1.82) is 0 Å². The van der Waals surface area contributed by atoms with Crippen LogP contribution in [0.1, 0.15) is 45.1 Å². The van der Waals surface area contributed by atoms with E-state index in [1.54, 1.807) is 31.4 Å². The zero-order valence-corrected chi connectivity index (χ0v) is 25.7. The minimum absolute atomic E-state index is 0.0917. The Balaban J connectivity index is 1.77. The van der Waals surface area contributed by atoms with E-state index in [1.165, 1.54) is 19.4 Å². The quantitative estimate of drug-likeness (QED) is 0.178. The molecule has 3 aromatic rings. The van der Waals surface area contributed by atoms with Gasteiger partial charge in [-0.2, -0.15) is 0 Å². The molecule has 10 heteroatoms.